The van der Waals surface area contributed by atoms with Crippen LogP contribution in [-0.2, 0) is 11.2 Å². The van der Waals surface area contributed by atoms with Crippen LogP contribution in [0.15, 0.2) is 34.5 Å². The van der Waals surface area contributed by atoms with Gasteiger partial charge in [0, 0.05) is 20.5 Å². The number of nitrogens with zero attached hydrogens (tertiary/aromatic N) is 5. The van der Waals surface area contributed by atoms with E-state index < -0.39 is 5.25 Å². The summed E-state index contributed by atoms with van der Waals surface area (Å²) in [7, 11) is 3.41. The van der Waals surface area contributed by atoms with Crippen molar-refractivity contribution in [1.82, 2.24) is 19.8 Å². The first kappa shape index (κ1) is 15.7. The average molecular weight is 333 g/mol. The van der Waals surface area contributed by atoms with E-state index in [1.165, 1.54) is 22.7 Å². The highest BCUT2D eigenvalue weighted by atomic mass is 32.2. The van der Waals surface area contributed by atoms with Crippen molar-refractivity contribution in [2.45, 2.75) is 23.8 Å². The van der Waals surface area contributed by atoms with Gasteiger partial charge in [-0.1, -0.05) is 30.0 Å². The summed E-state index contributed by atoms with van der Waals surface area (Å²) < 4.78 is 15.4. The third-order valence-electron chi connectivity index (χ3n) is 3.51. The van der Waals surface area contributed by atoms with E-state index in [2.05, 4.69) is 15.3 Å². The Hall–Kier alpha value is -2.22. The normalized spacial score (nSPS) is 16.7. The van der Waals surface area contributed by atoms with Gasteiger partial charge in [0.25, 0.3) is 0 Å². The molecule has 1 aromatic heterocycles. The summed E-state index contributed by atoms with van der Waals surface area (Å²) in [4.78, 5) is 13.7. The van der Waals surface area contributed by atoms with Crippen LogP contribution < -0.4 is 0 Å². The number of carbonyl (C=O) groups excluding carboxylic acids is 1. The molecular formula is C15H16FN5OS. The smallest absolute Gasteiger partial charge is 0.241 e. The molecule has 0 saturated carbocycles. The van der Waals surface area contributed by atoms with E-state index >= 15 is 0 Å². The summed E-state index contributed by atoms with van der Waals surface area (Å²) in [5.74, 6) is 0.225. The Morgan fingerprint density at radius 1 is 1.35 bits per heavy atom. The lowest BCUT2D eigenvalue weighted by Crippen LogP contribution is -2.38. The molecule has 0 fully saturated rings. The molecule has 2 heterocycles. The standard InChI is InChI=1S/C15H16FN5OS/c1-9-13(14(22)20(2)3)23-15-18-17-12(21(15)19-9)8-10-6-4-5-7-11(10)16/h4-7,13H,8H2,1-3H3/t13-/m1/s1. The maximum absolute atomic E-state index is 13.8. The van der Waals surface area contributed by atoms with Crippen molar-refractivity contribution in [2.75, 3.05) is 14.1 Å². The fraction of sp³-hybridized carbons (Fsp3) is 0.333. The second-order valence-corrected chi connectivity index (χ2v) is 6.52. The fourth-order valence-electron chi connectivity index (χ4n) is 2.26. The Balaban J connectivity index is 1.90. The van der Waals surface area contributed by atoms with E-state index in [9.17, 15) is 9.18 Å². The highest BCUT2D eigenvalue weighted by Crippen LogP contribution is 2.29. The van der Waals surface area contributed by atoms with Crippen LogP contribution in [0.5, 0.6) is 0 Å². The lowest BCUT2D eigenvalue weighted by atomic mass is 10.1. The molecule has 0 unspecified atom stereocenters. The Kier molecular flexibility index (Phi) is 4.16. The van der Waals surface area contributed by atoms with Gasteiger partial charge >= 0.3 is 0 Å². The SMILES string of the molecule is CC1=Nn2c(Cc3ccccc3F)nnc2S[C@H]1C(=O)N(C)C. The van der Waals surface area contributed by atoms with Gasteiger partial charge in [-0.3, -0.25) is 4.79 Å². The molecule has 0 bridgehead atoms. The van der Waals surface area contributed by atoms with Gasteiger partial charge in [-0.15, -0.1) is 10.2 Å². The molecule has 0 spiro atoms. The Bertz CT molecular complexity index is 786. The molecule has 3 rings (SSSR count). The monoisotopic (exact) mass is 333 g/mol. The van der Waals surface area contributed by atoms with Crippen molar-refractivity contribution < 1.29 is 9.18 Å². The highest BCUT2D eigenvalue weighted by molar-refractivity contribution is 8.01. The third kappa shape index (κ3) is 2.98. The summed E-state index contributed by atoms with van der Waals surface area (Å²) in [6, 6.07) is 6.55. The highest BCUT2D eigenvalue weighted by Gasteiger charge is 2.31. The van der Waals surface area contributed by atoms with Crippen LogP contribution in [0, 0.1) is 5.82 Å². The molecule has 1 aliphatic heterocycles. The van der Waals surface area contributed by atoms with Gasteiger partial charge < -0.3 is 4.90 Å². The van der Waals surface area contributed by atoms with Crippen molar-refractivity contribution in [1.29, 1.82) is 0 Å². The lowest BCUT2D eigenvalue weighted by Gasteiger charge is -2.22. The molecule has 6 nitrogen and oxygen atoms in total. The van der Waals surface area contributed by atoms with Crippen molar-refractivity contribution >= 4 is 23.4 Å². The number of hydrogen-bond acceptors (Lipinski definition) is 5. The molecule has 120 valence electrons. The van der Waals surface area contributed by atoms with E-state index in [1.54, 1.807) is 43.9 Å². The molecule has 0 radical (unpaired) electrons. The second kappa shape index (κ2) is 6.11. The minimum atomic E-state index is -0.400. The van der Waals surface area contributed by atoms with Crippen LogP contribution in [-0.4, -0.2) is 50.7 Å². The van der Waals surface area contributed by atoms with Gasteiger partial charge in [-0.05, 0) is 18.6 Å². The molecule has 0 N–H and O–H groups in total. The number of aromatic nitrogens is 3. The number of benzene rings is 1. The second-order valence-electron chi connectivity index (χ2n) is 5.45. The van der Waals surface area contributed by atoms with Crippen LogP contribution in [0.25, 0.3) is 0 Å². The van der Waals surface area contributed by atoms with Gasteiger partial charge in [0.1, 0.15) is 11.1 Å². The predicted molar refractivity (Wildman–Crippen MR) is 86.1 cm³/mol. The molecule has 1 aromatic carbocycles. The van der Waals surface area contributed by atoms with Crippen LogP contribution in [0.4, 0.5) is 4.39 Å². The Morgan fingerprint density at radius 2 is 2.09 bits per heavy atom. The zero-order valence-corrected chi connectivity index (χ0v) is 13.8. The Labute approximate surface area is 137 Å². The maximum Gasteiger partial charge on any atom is 0.241 e. The first-order valence-electron chi connectivity index (χ1n) is 7.08. The first-order valence-corrected chi connectivity index (χ1v) is 7.96. The van der Waals surface area contributed by atoms with E-state index in [0.29, 0.717) is 28.7 Å². The van der Waals surface area contributed by atoms with Crippen molar-refractivity contribution in [3.8, 4) is 0 Å². The summed E-state index contributed by atoms with van der Waals surface area (Å²) in [5.41, 5.74) is 1.21. The zero-order chi connectivity index (χ0) is 16.6. The molecular weight excluding hydrogens is 317 g/mol. The van der Waals surface area contributed by atoms with Crippen molar-refractivity contribution in [2.24, 2.45) is 5.10 Å². The fourth-order valence-corrected chi connectivity index (χ4v) is 3.33. The number of carbonyl (C=O) groups is 1. The predicted octanol–water partition coefficient (Wildman–Crippen LogP) is 1.79. The molecule has 0 saturated heterocycles. The summed E-state index contributed by atoms with van der Waals surface area (Å²) in [6.07, 6.45) is 0.295. The molecule has 1 aliphatic rings. The summed E-state index contributed by atoms with van der Waals surface area (Å²) >= 11 is 1.31. The van der Waals surface area contributed by atoms with Gasteiger partial charge in [0.2, 0.25) is 11.1 Å². The van der Waals surface area contributed by atoms with E-state index in [0.717, 1.165) is 0 Å². The molecule has 2 aromatic rings. The number of rotatable bonds is 3. The summed E-state index contributed by atoms with van der Waals surface area (Å²) in [5, 5.41) is 12.8. The van der Waals surface area contributed by atoms with Gasteiger partial charge in [0.15, 0.2) is 5.82 Å². The number of halogens is 1. The minimum Gasteiger partial charge on any atom is -0.348 e. The van der Waals surface area contributed by atoms with Crippen LogP contribution in [0.3, 0.4) is 0 Å². The van der Waals surface area contributed by atoms with E-state index in [-0.39, 0.29) is 11.7 Å². The average Bonchev–Trinajstić information content (AvgIpc) is 2.90. The lowest BCUT2D eigenvalue weighted by molar-refractivity contribution is -0.126. The Morgan fingerprint density at radius 3 is 2.78 bits per heavy atom. The topological polar surface area (TPSA) is 63.4 Å². The van der Waals surface area contributed by atoms with Crippen LogP contribution in [0.2, 0.25) is 0 Å². The van der Waals surface area contributed by atoms with E-state index in [4.69, 9.17) is 0 Å². The molecule has 1 amide bonds. The van der Waals surface area contributed by atoms with Crippen LogP contribution in [0.1, 0.15) is 18.3 Å². The number of fused-ring (bicyclic) bond motifs is 1. The van der Waals surface area contributed by atoms with Crippen molar-refractivity contribution in [3.63, 3.8) is 0 Å². The summed E-state index contributed by atoms with van der Waals surface area (Å²) in [6.45, 7) is 1.80. The molecule has 1 atom stereocenters. The third-order valence-corrected chi connectivity index (χ3v) is 4.75. The van der Waals surface area contributed by atoms with Gasteiger partial charge in [0.05, 0.1) is 5.71 Å². The number of hydrogen-bond donors (Lipinski definition) is 0. The number of thioether (sulfide) groups is 1. The van der Waals surface area contributed by atoms with Gasteiger partial charge in [-0.2, -0.15) is 9.78 Å². The largest absolute Gasteiger partial charge is 0.348 e. The first-order chi connectivity index (χ1) is 11.0. The number of amides is 1. The van der Waals surface area contributed by atoms with E-state index in [1.807, 2.05) is 0 Å². The molecule has 8 heteroatoms. The van der Waals surface area contributed by atoms with Gasteiger partial charge in [-0.25, -0.2) is 4.39 Å². The quantitative estimate of drug-likeness (QED) is 0.859. The van der Waals surface area contributed by atoms with Crippen molar-refractivity contribution in [3.05, 3.63) is 41.5 Å². The zero-order valence-electron chi connectivity index (χ0n) is 13.0. The maximum atomic E-state index is 13.8. The van der Waals surface area contributed by atoms with Crippen LogP contribution >= 0.6 is 11.8 Å². The molecule has 23 heavy (non-hydrogen) atoms. The minimum absolute atomic E-state index is 0.0406. The molecule has 0 aliphatic carbocycles.